The summed E-state index contributed by atoms with van der Waals surface area (Å²) >= 11 is 0. The molecule has 0 spiro atoms. The molecule has 0 aliphatic heterocycles. The molecule has 2 amide bonds. The average Bonchev–Trinajstić information content (AvgIpc) is 3.08. The van der Waals surface area contributed by atoms with Gasteiger partial charge in [0, 0.05) is 25.1 Å². The Hall–Kier alpha value is -5.03. The Morgan fingerprint density at radius 2 is 1.44 bits per heavy atom. The van der Waals surface area contributed by atoms with Crippen molar-refractivity contribution in [2.45, 2.75) is 50.7 Å². The highest BCUT2D eigenvalue weighted by molar-refractivity contribution is 7.92. The standard InChI is InChI=1S/C37H43N3O7S/c1-26(2)38-37(42)33(22-28-11-8-7-9-12-28)39(24-29-13-10-14-31(21-29)45-4)36(41)25-40(30-17-15-27(3)16-18-30)48(43,44)32-19-20-34(46-5)35(23-32)47-6/h7-21,23,26,33H,22,24-25H2,1-6H3,(H,38,42). The summed E-state index contributed by atoms with van der Waals surface area (Å²) in [6.07, 6.45) is 0.210. The molecule has 1 N–H and O–H groups in total. The Kier molecular flexibility index (Phi) is 12.1. The largest absolute Gasteiger partial charge is 0.497 e. The molecule has 11 heteroatoms. The van der Waals surface area contributed by atoms with Crippen molar-refractivity contribution in [1.29, 1.82) is 0 Å². The lowest BCUT2D eigenvalue weighted by atomic mass is 10.0. The summed E-state index contributed by atoms with van der Waals surface area (Å²) in [6.45, 7) is 5.03. The third-order valence-corrected chi connectivity index (χ3v) is 9.50. The van der Waals surface area contributed by atoms with Crippen LogP contribution in [0.3, 0.4) is 0 Å². The molecule has 10 nitrogen and oxygen atoms in total. The second-order valence-corrected chi connectivity index (χ2v) is 13.5. The number of methoxy groups -OCH3 is 3. The Bertz CT molecular complexity index is 1800. The molecule has 0 bridgehead atoms. The van der Waals surface area contributed by atoms with E-state index in [0.717, 1.165) is 15.4 Å². The zero-order valence-electron chi connectivity index (χ0n) is 28.2. The van der Waals surface area contributed by atoms with E-state index in [1.54, 1.807) is 49.6 Å². The van der Waals surface area contributed by atoms with E-state index < -0.39 is 28.5 Å². The van der Waals surface area contributed by atoms with Crippen molar-refractivity contribution < 1.29 is 32.2 Å². The van der Waals surface area contributed by atoms with Crippen LogP contribution in [0.1, 0.15) is 30.5 Å². The van der Waals surface area contributed by atoms with Crippen molar-refractivity contribution in [3.63, 3.8) is 0 Å². The Labute approximate surface area is 283 Å². The van der Waals surface area contributed by atoms with Crippen LogP contribution in [-0.4, -0.2) is 65.1 Å². The molecule has 254 valence electrons. The molecule has 0 aliphatic rings. The molecule has 0 heterocycles. The molecule has 1 atom stereocenters. The number of carbonyl (C=O) groups excluding carboxylic acids is 2. The minimum absolute atomic E-state index is 0.0250. The predicted molar refractivity (Wildman–Crippen MR) is 186 cm³/mol. The first-order valence-electron chi connectivity index (χ1n) is 15.5. The van der Waals surface area contributed by atoms with Crippen molar-refractivity contribution in [2.24, 2.45) is 0 Å². The molecule has 0 fully saturated rings. The van der Waals surface area contributed by atoms with Gasteiger partial charge in [-0.3, -0.25) is 13.9 Å². The fourth-order valence-corrected chi connectivity index (χ4v) is 6.68. The lowest BCUT2D eigenvalue weighted by Gasteiger charge is -2.34. The van der Waals surface area contributed by atoms with Gasteiger partial charge in [-0.25, -0.2) is 8.42 Å². The molecule has 1 unspecified atom stereocenters. The van der Waals surface area contributed by atoms with E-state index in [2.05, 4.69) is 5.32 Å². The van der Waals surface area contributed by atoms with Crippen LogP contribution < -0.4 is 23.8 Å². The van der Waals surface area contributed by atoms with Gasteiger partial charge in [-0.05, 0) is 68.3 Å². The van der Waals surface area contributed by atoms with Crippen LogP contribution in [0, 0.1) is 6.92 Å². The van der Waals surface area contributed by atoms with Crippen LogP contribution in [0.5, 0.6) is 17.2 Å². The number of benzene rings is 4. The monoisotopic (exact) mass is 673 g/mol. The zero-order chi connectivity index (χ0) is 34.8. The van der Waals surface area contributed by atoms with E-state index in [4.69, 9.17) is 14.2 Å². The SMILES string of the molecule is COc1cccc(CN(C(=O)CN(c2ccc(C)cc2)S(=O)(=O)c2ccc(OC)c(OC)c2)C(Cc2ccccc2)C(=O)NC(C)C)c1. The number of nitrogens with one attached hydrogen (secondary N) is 1. The molecule has 0 aromatic heterocycles. The van der Waals surface area contributed by atoms with Gasteiger partial charge < -0.3 is 24.4 Å². The Balaban J connectivity index is 1.83. The number of anilines is 1. The zero-order valence-corrected chi connectivity index (χ0v) is 29.0. The van der Waals surface area contributed by atoms with Crippen molar-refractivity contribution >= 4 is 27.5 Å². The van der Waals surface area contributed by atoms with Crippen molar-refractivity contribution in [3.8, 4) is 17.2 Å². The van der Waals surface area contributed by atoms with E-state index in [0.29, 0.717) is 17.1 Å². The summed E-state index contributed by atoms with van der Waals surface area (Å²) in [4.78, 5) is 29.9. The molecular formula is C37H43N3O7S. The minimum Gasteiger partial charge on any atom is -0.497 e. The van der Waals surface area contributed by atoms with Crippen LogP contribution >= 0.6 is 0 Å². The highest BCUT2D eigenvalue weighted by Gasteiger charge is 2.35. The topological polar surface area (TPSA) is 114 Å². The van der Waals surface area contributed by atoms with E-state index in [9.17, 15) is 18.0 Å². The quantitative estimate of drug-likeness (QED) is 0.180. The van der Waals surface area contributed by atoms with Gasteiger partial charge in [-0.2, -0.15) is 0 Å². The molecular weight excluding hydrogens is 630 g/mol. The summed E-state index contributed by atoms with van der Waals surface area (Å²) in [5.74, 6) is 0.251. The molecule has 0 saturated heterocycles. The third-order valence-electron chi connectivity index (χ3n) is 7.73. The fraction of sp³-hybridized carbons (Fsp3) is 0.297. The highest BCUT2D eigenvalue weighted by atomic mass is 32.2. The minimum atomic E-state index is -4.33. The average molecular weight is 674 g/mol. The van der Waals surface area contributed by atoms with Crippen LogP contribution in [0.2, 0.25) is 0 Å². The normalized spacial score (nSPS) is 11.8. The van der Waals surface area contributed by atoms with Crippen molar-refractivity contribution in [1.82, 2.24) is 10.2 Å². The van der Waals surface area contributed by atoms with Gasteiger partial charge in [0.05, 0.1) is 31.9 Å². The molecule has 0 radical (unpaired) electrons. The lowest BCUT2D eigenvalue weighted by molar-refractivity contribution is -0.140. The number of aryl methyl sites for hydroxylation is 1. The van der Waals surface area contributed by atoms with Gasteiger partial charge >= 0.3 is 0 Å². The van der Waals surface area contributed by atoms with Crippen molar-refractivity contribution in [2.75, 3.05) is 32.2 Å². The number of hydrogen-bond acceptors (Lipinski definition) is 7. The van der Waals surface area contributed by atoms with Crippen LogP contribution in [0.4, 0.5) is 5.69 Å². The lowest BCUT2D eigenvalue weighted by Crippen LogP contribution is -2.54. The molecule has 4 aromatic carbocycles. The summed E-state index contributed by atoms with van der Waals surface area (Å²) in [5, 5.41) is 2.96. The maximum Gasteiger partial charge on any atom is 0.264 e. The summed E-state index contributed by atoms with van der Waals surface area (Å²) in [5.41, 5.74) is 2.76. The first-order chi connectivity index (χ1) is 23.0. The molecule has 0 aliphatic carbocycles. The van der Waals surface area contributed by atoms with Gasteiger partial charge in [0.2, 0.25) is 11.8 Å². The second kappa shape index (κ2) is 16.2. The number of hydrogen-bond donors (Lipinski definition) is 1. The van der Waals surface area contributed by atoms with Gasteiger partial charge in [-0.15, -0.1) is 0 Å². The number of carbonyl (C=O) groups is 2. The first-order valence-corrected chi connectivity index (χ1v) is 17.0. The number of nitrogens with zero attached hydrogens (tertiary/aromatic N) is 2. The Morgan fingerprint density at radius 1 is 0.771 bits per heavy atom. The first kappa shape index (κ1) is 35.8. The number of amides is 2. The van der Waals surface area contributed by atoms with Crippen molar-refractivity contribution in [3.05, 3.63) is 114 Å². The van der Waals surface area contributed by atoms with E-state index in [-0.39, 0.29) is 41.2 Å². The van der Waals surface area contributed by atoms with Gasteiger partial charge in [0.1, 0.15) is 18.3 Å². The summed E-state index contributed by atoms with van der Waals surface area (Å²) < 4.78 is 46.0. The van der Waals surface area contributed by atoms with E-state index in [1.165, 1.54) is 37.3 Å². The van der Waals surface area contributed by atoms with Crippen LogP contribution in [0.15, 0.2) is 102 Å². The maximum atomic E-state index is 14.6. The third kappa shape index (κ3) is 8.86. The second-order valence-electron chi connectivity index (χ2n) is 11.6. The van der Waals surface area contributed by atoms with E-state index in [1.807, 2.05) is 57.2 Å². The summed E-state index contributed by atoms with van der Waals surface area (Å²) in [7, 11) is 0.0972. The highest BCUT2D eigenvalue weighted by Crippen LogP contribution is 2.32. The Morgan fingerprint density at radius 3 is 2.06 bits per heavy atom. The molecule has 0 saturated carbocycles. The summed E-state index contributed by atoms with van der Waals surface area (Å²) in [6, 6.07) is 26.6. The van der Waals surface area contributed by atoms with Crippen LogP contribution in [0.25, 0.3) is 0 Å². The van der Waals surface area contributed by atoms with Gasteiger partial charge in [-0.1, -0.05) is 60.2 Å². The number of ether oxygens (including phenoxy) is 3. The van der Waals surface area contributed by atoms with Gasteiger partial charge in [0.15, 0.2) is 11.5 Å². The smallest absolute Gasteiger partial charge is 0.264 e. The predicted octanol–water partition coefficient (Wildman–Crippen LogP) is 5.38. The van der Waals surface area contributed by atoms with Gasteiger partial charge in [0.25, 0.3) is 10.0 Å². The number of sulfonamides is 1. The molecule has 4 aromatic rings. The fourth-order valence-electron chi connectivity index (χ4n) is 5.25. The molecule has 4 rings (SSSR count). The van der Waals surface area contributed by atoms with E-state index >= 15 is 0 Å². The van der Waals surface area contributed by atoms with Crippen LogP contribution in [-0.2, 0) is 32.6 Å². The molecule has 48 heavy (non-hydrogen) atoms. The maximum absolute atomic E-state index is 14.6. The number of rotatable bonds is 15.